The Balaban J connectivity index is 1.29. The molecule has 2 unspecified atom stereocenters. The van der Waals surface area contributed by atoms with Crippen molar-refractivity contribution in [1.82, 2.24) is 15.5 Å². The van der Waals surface area contributed by atoms with Crippen molar-refractivity contribution in [2.75, 3.05) is 51.3 Å². The number of ether oxygens (including phenoxy) is 1. The summed E-state index contributed by atoms with van der Waals surface area (Å²) in [6.07, 6.45) is 8.02. The number of nitrogens with one attached hydrogen (secondary N) is 2. The quantitative estimate of drug-likeness (QED) is 0.531. The highest BCUT2D eigenvalue weighted by atomic mass is 16.5. The molecule has 1 aromatic carbocycles. The molecule has 3 fully saturated rings. The number of hydrogen-bond donors (Lipinski definition) is 2. The van der Waals surface area contributed by atoms with E-state index in [1.54, 1.807) is 7.11 Å². The fraction of sp³-hybridized carbons (Fsp3) is 0.708. The minimum atomic E-state index is 0.525. The van der Waals surface area contributed by atoms with E-state index in [1.165, 1.54) is 57.3 Å². The van der Waals surface area contributed by atoms with Crippen molar-refractivity contribution in [1.29, 1.82) is 0 Å². The Kier molecular flexibility index (Phi) is 7.37. The van der Waals surface area contributed by atoms with Gasteiger partial charge >= 0.3 is 0 Å². The normalized spacial score (nSPS) is 25.8. The first-order valence-corrected chi connectivity index (χ1v) is 11.9. The second-order valence-electron chi connectivity index (χ2n) is 9.06. The van der Waals surface area contributed by atoms with E-state index in [-0.39, 0.29) is 0 Å². The van der Waals surface area contributed by atoms with E-state index in [1.807, 2.05) is 12.1 Å². The second-order valence-corrected chi connectivity index (χ2v) is 9.06. The Bertz CT molecular complexity index is 703. The van der Waals surface area contributed by atoms with Crippen LogP contribution in [-0.2, 0) is 0 Å². The minimum absolute atomic E-state index is 0.525. The molecule has 1 aliphatic carbocycles. The zero-order valence-electron chi connectivity index (χ0n) is 18.8. The lowest BCUT2D eigenvalue weighted by molar-refractivity contribution is 0.242. The van der Waals surface area contributed by atoms with Gasteiger partial charge in [-0.05, 0) is 50.7 Å². The van der Waals surface area contributed by atoms with Crippen LogP contribution < -0.4 is 20.3 Å². The first kappa shape index (κ1) is 21.3. The molecule has 6 nitrogen and oxygen atoms in total. The molecule has 30 heavy (non-hydrogen) atoms. The van der Waals surface area contributed by atoms with Crippen LogP contribution in [0.3, 0.4) is 0 Å². The molecule has 2 heterocycles. The Morgan fingerprint density at radius 2 is 1.93 bits per heavy atom. The summed E-state index contributed by atoms with van der Waals surface area (Å²) >= 11 is 0. The third-order valence-electron chi connectivity index (χ3n) is 6.97. The number of rotatable bonds is 7. The highest BCUT2D eigenvalue weighted by molar-refractivity contribution is 5.80. The van der Waals surface area contributed by atoms with Crippen LogP contribution in [0.4, 0.5) is 5.69 Å². The maximum absolute atomic E-state index is 5.55. The van der Waals surface area contributed by atoms with E-state index in [0.29, 0.717) is 12.0 Å². The van der Waals surface area contributed by atoms with E-state index >= 15 is 0 Å². The molecule has 3 aliphatic rings. The molecular formula is C24H39N5O. The van der Waals surface area contributed by atoms with Crippen LogP contribution in [-0.4, -0.2) is 69.3 Å². The molecular weight excluding hydrogens is 374 g/mol. The lowest BCUT2D eigenvalue weighted by Crippen LogP contribution is -2.45. The van der Waals surface area contributed by atoms with Gasteiger partial charge in [-0.25, -0.2) is 0 Å². The zero-order chi connectivity index (χ0) is 20.8. The molecule has 2 N–H and O–H groups in total. The smallest absolute Gasteiger partial charge is 0.191 e. The molecule has 1 saturated carbocycles. The van der Waals surface area contributed by atoms with Gasteiger partial charge in [0.05, 0.1) is 12.8 Å². The molecule has 6 heteroatoms. The summed E-state index contributed by atoms with van der Waals surface area (Å²) in [4.78, 5) is 10.1. The number of nitrogens with zero attached hydrogens (tertiary/aromatic N) is 3. The maximum Gasteiger partial charge on any atom is 0.191 e. The molecule has 0 aromatic heterocycles. The van der Waals surface area contributed by atoms with Crippen molar-refractivity contribution in [3.8, 4) is 5.75 Å². The second kappa shape index (κ2) is 10.4. The molecule has 0 amide bonds. The zero-order valence-corrected chi connectivity index (χ0v) is 18.8. The first-order valence-electron chi connectivity index (χ1n) is 11.9. The molecule has 0 radical (unpaired) electrons. The summed E-state index contributed by atoms with van der Waals surface area (Å²) in [7, 11) is 1.75. The molecule has 0 spiro atoms. The van der Waals surface area contributed by atoms with Crippen LogP contribution in [0, 0.1) is 5.92 Å². The largest absolute Gasteiger partial charge is 0.495 e. The van der Waals surface area contributed by atoms with Crippen LogP contribution in [0.2, 0.25) is 0 Å². The molecule has 0 bridgehead atoms. The van der Waals surface area contributed by atoms with Crippen molar-refractivity contribution in [2.24, 2.45) is 10.9 Å². The predicted molar refractivity (Wildman–Crippen MR) is 125 cm³/mol. The van der Waals surface area contributed by atoms with Crippen molar-refractivity contribution in [2.45, 2.75) is 57.5 Å². The summed E-state index contributed by atoms with van der Waals surface area (Å²) in [6.45, 7) is 8.45. The standard InChI is InChI=1S/C24H39N5O/c1-3-25-24(27-20-13-15-28(18-20)21-8-4-5-9-21)26-16-19-12-14-29(17-19)22-10-6-7-11-23(22)30-2/h6-7,10-11,19-21H,3-5,8-9,12-18H2,1-2H3,(H2,25,26,27). The number of guanidine groups is 1. The maximum atomic E-state index is 5.55. The van der Waals surface area contributed by atoms with Gasteiger partial charge in [0.1, 0.15) is 5.75 Å². The van der Waals surface area contributed by atoms with Gasteiger partial charge in [-0.2, -0.15) is 0 Å². The van der Waals surface area contributed by atoms with Gasteiger partial charge in [0.2, 0.25) is 0 Å². The van der Waals surface area contributed by atoms with Crippen LogP contribution >= 0.6 is 0 Å². The number of likely N-dealkylation sites (tertiary alicyclic amines) is 1. The molecule has 4 rings (SSSR count). The molecule has 1 aromatic rings. The lowest BCUT2D eigenvalue weighted by atomic mass is 10.1. The summed E-state index contributed by atoms with van der Waals surface area (Å²) in [5, 5.41) is 7.18. The van der Waals surface area contributed by atoms with Gasteiger partial charge in [0.15, 0.2) is 5.96 Å². The monoisotopic (exact) mass is 413 g/mol. The number of aliphatic imine (C=N–C) groups is 1. The number of para-hydroxylation sites is 2. The Morgan fingerprint density at radius 3 is 2.73 bits per heavy atom. The van der Waals surface area contributed by atoms with E-state index in [4.69, 9.17) is 9.73 Å². The van der Waals surface area contributed by atoms with E-state index < -0.39 is 0 Å². The van der Waals surface area contributed by atoms with Gasteiger partial charge in [-0.1, -0.05) is 25.0 Å². The highest BCUT2D eigenvalue weighted by Gasteiger charge is 2.30. The van der Waals surface area contributed by atoms with Gasteiger partial charge in [0.25, 0.3) is 0 Å². The van der Waals surface area contributed by atoms with Crippen molar-refractivity contribution in [3.63, 3.8) is 0 Å². The summed E-state index contributed by atoms with van der Waals surface area (Å²) in [6, 6.07) is 9.68. The first-order chi connectivity index (χ1) is 14.8. The van der Waals surface area contributed by atoms with Gasteiger partial charge in [-0.15, -0.1) is 0 Å². The highest BCUT2D eigenvalue weighted by Crippen LogP contribution is 2.32. The third kappa shape index (κ3) is 5.20. The number of hydrogen-bond acceptors (Lipinski definition) is 4. The SMILES string of the molecule is CCNC(=NCC1CCN(c2ccccc2OC)C1)NC1CCN(C2CCCC2)C1. The predicted octanol–water partition coefficient (Wildman–Crippen LogP) is 3.09. The van der Waals surface area contributed by atoms with Crippen LogP contribution in [0.5, 0.6) is 5.75 Å². The summed E-state index contributed by atoms with van der Waals surface area (Å²) in [5.74, 6) is 2.54. The van der Waals surface area contributed by atoms with Crippen molar-refractivity contribution >= 4 is 11.6 Å². The van der Waals surface area contributed by atoms with Crippen molar-refractivity contribution < 1.29 is 4.74 Å². The van der Waals surface area contributed by atoms with Crippen molar-refractivity contribution in [3.05, 3.63) is 24.3 Å². The van der Waals surface area contributed by atoms with E-state index in [9.17, 15) is 0 Å². The summed E-state index contributed by atoms with van der Waals surface area (Å²) in [5.41, 5.74) is 1.20. The fourth-order valence-electron chi connectivity index (χ4n) is 5.33. The third-order valence-corrected chi connectivity index (χ3v) is 6.97. The molecule has 166 valence electrons. The van der Waals surface area contributed by atoms with E-state index in [2.05, 4.69) is 39.5 Å². The lowest BCUT2D eigenvalue weighted by Gasteiger charge is -2.24. The van der Waals surface area contributed by atoms with Crippen LogP contribution in [0.1, 0.15) is 45.4 Å². The Labute approximate surface area is 182 Å². The van der Waals surface area contributed by atoms with Gasteiger partial charge in [0, 0.05) is 51.4 Å². The van der Waals surface area contributed by atoms with E-state index in [0.717, 1.165) is 43.9 Å². The fourth-order valence-corrected chi connectivity index (χ4v) is 5.33. The average molecular weight is 414 g/mol. The van der Waals surface area contributed by atoms with Gasteiger partial charge < -0.3 is 20.3 Å². The number of methoxy groups -OCH3 is 1. The Morgan fingerprint density at radius 1 is 1.10 bits per heavy atom. The van der Waals surface area contributed by atoms with Crippen LogP contribution in [0.25, 0.3) is 0 Å². The molecule has 2 atom stereocenters. The number of benzene rings is 1. The Hall–Kier alpha value is -1.95. The number of anilines is 1. The topological polar surface area (TPSA) is 52.1 Å². The molecule has 2 saturated heterocycles. The average Bonchev–Trinajstić information content (AvgIpc) is 3.53. The minimum Gasteiger partial charge on any atom is -0.495 e. The molecule has 2 aliphatic heterocycles. The van der Waals surface area contributed by atoms with Gasteiger partial charge in [-0.3, -0.25) is 9.89 Å². The summed E-state index contributed by atoms with van der Waals surface area (Å²) < 4.78 is 5.55. The van der Waals surface area contributed by atoms with Crippen LogP contribution in [0.15, 0.2) is 29.3 Å².